The number of nitrogens with zero attached hydrogens (tertiary/aromatic N) is 1. The molecule has 0 aliphatic carbocycles. The van der Waals surface area contributed by atoms with Crippen molar-refractivity contribution < 1.29 is 9.53 Å². The van der Waals surface area contributed by atoms with E-state index in [0.717, 1.165) is 5.69 Å². The molecule has 0 aliphatic rings. The molecule has 1 rings (SSSR count). The molecular formula is C15H23ClN4O2. The molecule has 6 nitrogen and oxygen atoms in total. The van der Waals surface area contributed by atoms with Gasteiger partial charge >= 0.3 is 0 Å². The van der Waals surface area contributed by atoms with Gasteiger partial charge in [0, 0.05) is 44.4 Å². The maximum Gasteiger partial charge on any atom is 0.224 e. The molecule has 0 aliphatic heterocycles. The Bertz CT molecular complexity index is 477. The molecule has 0 spiro atoms. The van der Waals surface area contributed by atoms with E-state index in [0.29, 0.717) is 43.5 Å². The van der Waals surface area contributed by atoms with Crippen molar-refractivity contribution in [2.24, 2.45) is 4.99 Å². The number of carbonyl (C=O) groups is 1. The lowest BCUT2D eigenvalue weighted by Gasteiger charge is -2.11. The van der Waals surface area contributed by atoms with E-state index in [4.69, 9.17) is 16.3 Å². The third-order valence-electron chi connectivity index (χ3n) is 2.82. The fraction of sp³-hybridized carbons (Fsp3) is 0.467. The highest BCUT2D eigenvalue weighted by atomic mass is 35.5. The number of guanidine groups is 1. The van der Waals surface area contributed by atoms with Crippen LogP contribution < -0.4 is 16.0 Å². The Morgan fingerprint density at radius 2 is 1.91 bits per heavy atom. The van der Waals surface area contributed by atoms with Gasteiger partial charge in [0.05, 0.1) is 6.61 Å². The lowest BCUT2D eigenvalue weighted by atomic mass is 10.2. The van der Waals surface area contributed by atoms with Gasteiger partial charge in [0.2, 0.25) is 5.91 Å². The first-order chi connectivity index (χ1) is 10.7. The van der Waals surface area contributed by atoms with Gasteiger partial charge in [-0.05, 0) is 30.7 Å². The number of anilines is 1. The topological polar surface area (TPSA) is 74.8 Å². The number of hydrogen-bond acceptors (Lipinski definition) is 3. The van der Waals surface area contributed by atoms with Crippen molar-refractivity contribution in [2.75, 3.05) is 39.2 Å². The molecule has 0 bridgehead atoms. The van der Waals surface area contributed by atoms with Gasteiger partial charge in [0.25, 0.3) is 0 Å². The van der Waals surface area contributed by atoms with Crippen molar-refractivity contribution in [3.63, 3.8) is 0 Å². The highest BCUT2D eigenvalue weighted by Crippen LogP contribution is 2.13. The van der Waals surface area contributed by atoms with Crippen LogP contribution in [0.2, 0.25) is 5.02 Å². The van der Waals surface area contributed by atoms with Crippen LogP contribution in [0, 0.1) is 0 Å². The van der Waals surface area contributed by atoms with Crippen molar-refractivity contribution >= 4 is 29.2 Å². The molecule has 1 aromatic carbocycles. The van der Waals surface area contributed by atoms with Crippen LogP contribution in [0.15, 0.2) is 29.3 Å². The third-order valence-corrected chi connectivity index (χ3v) is 3.08. The summed E-state index contributed by atoms with van der Waals surface area (Å²) in [6.45, 7) is 1.97. The van der Waals surface area contributed by atoms with E-state index in [-0.39, 0.29) is 5.91 Å². The summed E-state index contributed by atoms with van der Waals surface area (Å²) >= 11 is 5.79. The number of rotatable bonds is 8. The Morgan fingerprint density at radius 1 is 1.23 bits per heavy atom. The fourth-order valence-electron chi connectivity index (χ4n) is 1.70. The van der Waals surface area contributed by atoms with E-state index in [1.165, 1.54) is 0 Å². The van der Waals surface area contributed by atoms with Gasteiger partial charge in [-0.2, -0.15) is 0 Å². The molecule has 0 saturated heterocycles. The normalized spacial score (nSPS) is 11.1. The van der Waals surface area contributed by atoms with Crippen LogP contribution in [0.5, 0.6) is 0 Å². The molecule has 0 fully saturated rings. The lowest BCUT2D eigenvalue weighted by molar-refractivity contribution is -0.116. The predicted molar refractivity (Wildman–Crippen MR) is 90.6 cm³/mol. The van der Waals surface area contributed by atoms with Gasteiger partial charge in [0.1, 0.15) is 0 Å². The number of halogens is 1. The van der Waals surface area contributed by atoms with Gasteiger partial charge in [-0.3, -0.25) is 9.79 Å². The summed E-state index contributed by atoms with van der Waals surface area (Å²) in [6.07, 6.45) is 1.15. The second-order valence-electron chi connectivity index (χ2n) is 4.58. The number of amides is 1. The molecule has 0 unspecified atom stereocenters. The molecule has 22 heavy (non-hydrogen) atoms. The van der Waals surface area contributed by atoms with Gasteiger partial charge in [-0.1, -0.05) is 11.6 Å². The smallest absolute Gasteiger partial charge is 0.224 e. The number of methoxy groups -OCH3 is 1. The summed E-state index contributed by atoms with van der Waals surface area (Å²) in [6, 6.07) is 7.04. The Morgan fingerprint density at radius 3 is 2.55 bits per heavy atom. The highest BCUT2D eigenvalue weighted by molar-refractivity contribution is 6.30. The second-order valence-corrected chi connectivity index (χ2v) is 5.01. The van der Waals surface area contributed by atoms with Crippen molar-refractivity contribution in [1.29, 1.82) is 0 Å². The number of hydrogen-bond donors (Lipinski definition) is 3. The van der Waals surface area contributed by atoms with Crippen LogP contribution in [0.25, 0.3) is 0 Å². The molecule has 0 atom stereocenters. The van der Waals surface area contributed by atoms with E-state index < -0.39 is 0 Å². The molecule has 0 heterocycles. The molecule has 0 radical (unpaired) electrons. The molecule has 0 aromatic heterocycles. The minimum atomic E-state index is -0.0218. The monoisotopic (exact) mass is 326 g/mol. The van der Waals surface area contributed by atoms with Crippen LogP contribution >= 0.6 is 11.6 Å². The summed E-state index contributed by atoms with van der Waals surface area (Å²) in [7, 11) is 3.35. The lowest BCUT2D eigenvalue weighted by Crippen LogP contribution is -2.39. The Labute approximate surface area is 136 Å². The molecule has 1 amide bonds. The first-order valence-corrected chi connectivity index (χ1v) is 7.52. The zero-order chi connectivity index (χ0) is 16.2. The number of ether oxygens (including phenoxy) is 1. The fourth-order valence-corrected chi connectivity index (χ4v) is 1.83. The van der Waals surface area contributed by atoms with E-state index in [9.17, 15) is 4.79 Å². The Kier molecular flexibility index (Phi) is 9.02. The summed E-state index contributed by atoms with van der Waals surface area (Å²) in [5.74, 6) is 0.682. The van der Waals surface area contributed by atoms with E-state index in [1.54, 1.807) is 38.4 Å². The van der Waals surface area contributed by atoms with Crippen molar-refractivity contribution in [3.05, 3.63) is 29.3 Å². The van der Waals surface area contributed by atoms with Crippen molar-refractivity contribution in [1.82, 2.24) is 10.6 Å². The van der Waals surface area contributed by atoms with E-state index in [2.05, 4.69) is 20.9 Å². The first-order valence-electron chi connectivity index (χ1n) is 7.14. The maximum atomic E-state index is 11.8. The summed E-state index contributed by atoms with van der Waals surface area (Å²) in [4.78, 5) is 15.9. The van der Waals surface area contributed by atoms with Gasteiger partial charge in [-0.15, -0.1) is 0 Å². The van der Waals surface area contributed by atoms with E-state index in [1.807, 2.05) is 0 Å². The molecule has 0 saturated carbocycles. The third kappa shape index (κ3) is 7.85. The van der Waals surface area contributed by atoms with Crippen LogP contribution in [0.1, 0.15) is 12.8 Å². The van der Waals surface area contributed by atoms with Crippen LogP contribution in [0.3, 0.4) is 0 Å². The molecule has 7 heteroatoms. The van der Waals surface area contributed by atoms with Gasteiger partial charge < -0.3 is 20.7 Å². The average Bonchev–Trinajstić information content (AvgIpc) is 2.52. The van der Waals surface area contributed by atoms with E-state index >= 15 is 0 Å². The minimum Gasteiger partial charge on any atom is -0.383 e. The summed E-state index contributed by atoms with van der Waals surface area (Å²) in [5, 5.41) is 9.72. The average molecular weight is 327 g/mol. The SMILES string of the molecule is CN=C(NCCCC(=O)Nc1ccc(Cl)cc1)NCCOC. The number of aliphatic imine (C=N–C) groups is 1. The maximum absolute atomic E-state index is 11.8. The zero-order valence-electron chi connectivity index (χ0n) is 13.0. The van der Waals surface area contributed by atoms with Crippen molar-refractivity contribution in [2.45, 2.75) is 12.8 Å². The highest BCUT2D eigenvalue weighted by Gasteiger charge is 2.03. The molecule has 3 N–H and O–H groups in total. The quantitative estimate of drug-likeness (QED) is 0.387. The number of benzene rings is 1. The van der Waals surface area contributed by atoms with Crippen molar-refractivity contribution in [3.8, 4) is 0 Å². The summed E-state index contributed by atoms with van der Waals surface area (Å²) in [5.41, 5.74) is 0.749. The summed E-state index contributed by atoms with van der Waals surface area (Å²) < 4.78 is 4.95. The second kappa shape index (κ2) is 10.9. The minimum absolute atomic E-state index is 0.0218. The zero-order valence-corrected chi connectivity index (χ0v) is 13.7. The number of nitrogens with one attached hydrogen (secondary N) is 3. The standard InChI is InChI=1S/C15H23ClN4O2/c1-17-15(19-10-11-22-2)18-9-3-4-14(21)20-13-7-5-12(16)6-8-13/h5-8H,3-4,9-11H2,1-2H3,(H,20,21)(H2,17,18,19). The number of carbonyl (C=O) groups excluding carboxylic acids is 1. The van der Waals surface area contributed by atoms with Crippen LogP contribution in [-0.4, -0.2) is 45.7 Å². The van der Waals surface area contributed by atoms with Crippen LogP contribution in [0.4, 0.5) is 5.69 Å². The first kappa shape index (κ1) is 18.3. The largest absolute Gasteiger partial charge is 0.383 e. The molecule has 122 valence electrons. The Balaban J connectivity index is 2.17. The van der Waals surface area contributed by atoms with Crippen LogP contribution in [-0.2, 0) is 9.53 Å². The predicted octanol–water partition coefficient (Wildman–Crippen LogP) is 1.87. The van der Waals surface area contributed by atoms with Gasteiger partial charge in [-0.25, -0.2) is 0 Å². The molecule has 1 aromatic rings. The van der Waals surface area contributed by atoms with Gasteiger partial charge in [0.15, 0.2) is 5.96 Å². The Hall–Kier alpha value is -1.79. The molecular weight excluding hydrogens is 304 g/mol.